The van der Waals surface area contributed by atoms with Crippen molar-refractivity contribution in [3.8, 4) is 0 Å². The highest BCUT2D eigenvalue weighted by Crippen LogP contribution is 2.44. The summed E-state index contributed by atoms with van der Waals surface area (Å²) in [5.74, 6) is 1.15. The summed E-state index contributed by atoms with van der Waals surface area (Å²) in [6.07, 6.45) is 5.18. The Bertz CT molecular complexity index is 597. The van der Waals surface area contributed by atoms with Crippen molar-refractivity contribution in [2.75, 3.05) is 0 Å². The van der Waals surface area contributed by atoms with Crippen LogP contribution in [0.25, 0.3) is 0 Å². The first-order valence-electron chi connectivity index (χ1n) is 8.17. The maximum Gasteiger partial charge on any atom is 0.314 e. The molecule has 22 heavy (non-hydrogen) atoms. The fourth-order valence-corrected chi connectivity index (χ4v) is 3.80. The van der Waals surface area contributed by atoms with Gasteiger partial charge in [0.2, 0.25) is 0 Å². The molecule has 1 aromatic rings. The molecule has 0 N–H and O–H groups in total. The van der Waals surface area contributed by atoms with Crippen LogP contribution in [0.2, 0.25) is 0 Å². The van der Waals surface area contributed by atoms with E-state index in [4.69, 9.17) is 9.15 Å². The molecule has 0 amide bonds. The van der Waals surface area contributed by atoms with E-state index in [-0.39, 0.29) is 29.5 Å². The molecule has 0 saturated heterocycles. The predicted octanol–water partition coefficient (Wildman–Crippen LogP) is 3.98. The van der Waals surface area contributed by atoms with E-state index in [9.17, 15) is 9.59 Å². The van der Waals surface area contributed by atoms with Crippen molar-refractivity contribution < 1.29 is 18.7 Å². The predicted molar refractivity (Wildman–Crippen MR) is 81.0 cm³/mol. The van der Waals surface area contributed by atoms with Gasteiger partial charge in [0, 0.05) is 30.3 Å². The maximum absolute atomic E-state index is 12.7. The van der Waals surface area contributed by atoms with Gasteiger partial charge >= 0.3 is 5.97 Å². The van der Waals surface area contributed by atoms with Crippen molar-refractivity contribution in [3.63, 3.8) is 0 Å². The van der Waals surface area contributed by atoms with Crippen LogP contribution in [-0.2, 0) is 14.3 Å². The Hall–Kier alpha value is -1.84. The van der Waals surface area contributed by atoms with E-state index in [1.807, 2.05) is 19.1 Å². The number of Topliss-reactive ketones (excluding diaryl/α,β-unsaturated/α-hetero) is 1. The van der Waals surface area contributed by atoms with Crippen molar-refractivity contribution in [2.24, 2.45) is 11.8 Å². The first-order valence-corrected chi connectivity index (χ1v) is 8.17. The monoisotopic (exact) mass is 302 g/mol. The van der Waals surface area contributed by atoms with Crippen molar-refractivity contribution in [1.29, 1.82) is 0 Å². The zero-order valence-electron chi connectivity index (χ0n) is 13.1. The Morgan fingerprint density at radius 1 is 1.18 bits per heavy atom. The molecule has 4 nitrogen and oxygen atoms in total. The van der Waals surface area contributed by atoms with Crippen LogP contribution in [0.3, 0.4) is 0 Å². The number of carbonyl (C=O) groups excluding carboxylic acids is 2. The van der Waals surface area contributed by atoms with Crippen LogP contribution in [0.4, 0.5) is 0 Å². The molecule has 3 atom stereocenters. The normalized spacial score (nSPS) is 28.5. The minimum atomic E-state index is -0.178. The molecule has 1 aromatic heterocycles. The van der Waals surface area contributed by atoms with E-state index in [1.54, 1.807) is 6.26 Å². The Morgan fingerprint density at radius 3 is 2.64 bits per heavy atom. The average molecular weight is 302 g/mol. The molecule has 0 spiro atoms. The third-order valence-electron chi connectivity index (χ3n) is 4.83. The number of esters is 1. The van der Waals surface area contributed by atoms with Gasteiger partial charge in [-0.15, -0.1) is 0 Å². The third kappa shape index (κ3) is 2.51. The van der Waals surface area contributed by atoms with Crippen molar-refractivity contribution in [1.82, 2.24) is 0 Å². The smallest absolute Gasteiger partial charge is 0.314 e. The Morgan fingerprint density at radius 2 is 2.00 bits per heavy atom. The molecular formula is C18H22O4. The van der Waals surface area contributed by atoms with Crippen molar-refractivity contribution in [2.45, 2.75) is 51.9 Å². The number of rotatable bonds is 4. The van der Waals surface area contributed by atoms with Gasteiger partial charge in [-0.3, -0.25) is 9.59 Å². The van der Waals surface area contributed by atoms with Crippen LogP contribution >= 0.6 is 0 Å². The number of ketones is 1. The standard InChI is InChI=1S/C18H22O4/c1-3-6-13-12(4-2)18(20)22-16-10-11(9-14(19)17(13)16)15-7-5-8-21-15/h5,7-8,11-13H,3-4,6,9-10H2,1-2H3/t11?,12-,13-/m1/s1. The number of hydrogen-bond donors (Lipinski definition) is 0. The van der Waals surface area contributed by atoms with Crippen LogP contribution in [0.5, 0.6) is 0 Å². The molecule has 2 heterocycles. The second-order valence-electron chi connectivity index (χ2n) is 6.21. The van der Waals surface area contributed by atoms with Gasteiger partial charge in [0.25, 0.3) is 0 Å². The molecule has 4 heteroatoms. The molecule has 0 fully saturated rings. The summed E-state index contributed by atoms with van der Waals surface area (Å²) < 4.78 is 11.0. The van der Waals surface area contributed by atoms with Gasteiger partial charge < -0.3 is 9.15 Å². The Balaban J connectivity index is 1.95. The van der Waals surface area contributed by atoms with E-state index >= 15 is 0 Å². The van der Waals surface area contributed by atoms with E-state index in [2.05, 4.69) is 6.92 Å². The highest BCUT2D eigenvalue weighted by molar-refractivity contribution is 6.00. The summed E-state index contributed by atoms with van der Waals surface area (Å²) in [7, 11) is 0. The zero-order valence-corrected chi connectivity index (χ0v) is 13.1. The van der Waals surface area contributed by atoms with Crippen LogP contribution in [0, 0.1) is 11.8 Å². The second kappa shape index (κ2) is 6.11. The topological polar surface area (TPSA) is 56.5 Å². The van der Waals surface area contributed by atoms with Gasteiger partial charge in [-0.05, 0) is 25.0 Å². The molecule has 2 aliphatic rings. The van der Waals surface area contributed by atoms with E-state index in [1.165, 1.54) is 0 Å². The largest absolute Gasteiger partial charge is 0.469 e. The average Bonchev–Trinajstić information content (AvgIpc) is 3.01. The molecule has 1 unspecified atom stereocenters. The first-order chi connectivity index (χ1) is 10.7. The molecule has 1 aliphatic heterocycles. The van der Waals surface area contributed by atoms with Gasteiger partial charge in [0.1, 0.15) is 11.5 Å². The van der Waals surface area contributed by atoms with Gasteiger partial charge in [0.05, 0.1) is 12.2 Å². The summed E-state index contributed by atoms with van der Waals surface area (Å²) in [5, 5.41) is 0. The lowest BCUT2D eigenvalue weighted by atomic mass is 9.72. The summed E-state index contributed by atoms with van der Waals surface area (Å²) in [5.41, 5.74) is 0.774. The molecule has 0 radical (unpaired) electrons. The molecule has 1 aliphatic carbocycles. The lowest BCUT2D eigenvalue weighted by Crippen LogP contribution is -2.37. The summed E-state index contributed by atoms with van der Waals surface area (Å²) >= 11 is 0. The molecule has 0 bridgehead atoms. The van der Waals surface area contributed by atoms with Crippen LogP contribution in [-0.4, -0.2) is 11.8 Å². The lowest BCUT2D eigenvalue weighted by molar-refractivity contribution is -0.149. The van der Waals surface area contributed by atoms with E-state index in [0.29, 0.717) is 18.6 Å². The second-order valence-corrected chi connectivity index (χ2v) is 6.21. The molecule has 0 saturated carbocycles. The number of allylic oxidation sites excluding steroid dienone is 2. The number of hydrogen-bond acceptors (Lipinski definition) is 4. The summed E-state index contributed by atoms with van der Waals surface area (Å²) in [6, 6.07) is 3.70. The molecule has 0 aromatic carbocycles. The fourth-order valence-electron chi connectivity index (χ4n) is 3.80. The quantitative estimate of drug-likeness (QED) is 0.789. The van der Waals surface area contributed by atoms with Crippen LogP contribution in [0.1, 0.15) is 57.6 Å². The number of furan rings is 1. The van der Waals surface area contributed by atoms with Crippen molar-refractivity contribution in [3.05, 3.63) is 35.5 Å². The maximum atomic E-state index is 12.7. The zero-order chi connectivity index (χ0) is 15.7. The molecular weight excluding hydrogens is 280 g/mol. The lowest BCUT2D eigenvalue weighted by Gasteiger charge is -2.36. The highest BCUT2D eigenvalue weighted by Gasteiger charge is 2.44. The van der Waals surface area contributed by atoms with E-state index in [0.717, 1.165) is 30.6 Å². The Kier molecular flexibility index (Phi) is 4.19. The van der Waals surface area contributed by atoms with Crippen LogP contribution < -0.4 is 0 Å². The highest BCUT2D eigenvalue weighted by atomic mass is 16.5. The van der Waals surface area contributed by atoms with Crippen LogP contribution in [0.15, 0.2) is 34.1 Å². The minimum absolute atomic E-state index is 0.0190. The van der Waals surface area contributed by atoms with Crippen molar-refractivity contribution >= 4 is 11.8 Å². The first kappa shape index (κ1) is 15.1. The molecule has 3 rings (SSSR count). The summed E-state index contributed by atoms with van der Waals surface area (Å²) in [6.45, 7) is 4.07. The number of carbonyl (C=O) groups is 2. The minimum Gasteiger partial charge on any atom is -0.469 e. The Labute approximate surface area is 130 Å². The number of ether oxygens (including phenoxy) is 1. The van der Waals surface area contributed by atoms with Gasteiger partial charge in [0.15, 0.2) is 5.78 Å². The van der Waals surface area contributed by atoms with E-state index < -0.39 is 0 Å². The van der Waals surface area contributed by atoms with Gasteiger partial charge in [-0.1, -0.05) is 20.3 Å². The molecule has 118 valence electrons. The van der Waals surface area contributed by atoms with Gasteiger partial charge in [-0.25, -0.2) is 0 Å². The third-order valence-corrected chi connectivity index (χ3v) is 4.83. The SMILES string of the molecule is CCC[C@H]1C2=C(CC(c3ccco3)CC2=O)OC(=O)[C@@H]1CC. The fraction of sp³-hybridized carbons (Fsp3) is 0.556. The van der Waals surface area contributed by atoms with Gasteiger partial charge in [-0.2, -0.15) is 0 Å². The summed E-state index contributed by atoms with van der Waals surface area (Å²) in [4.78, 5) is 25.0.